The second-order valence-corrected chi connectivity index (χ2v) is 7.34. The highest BCUT2D eigenvalue weighted by Crippen LogP contribution is 2.29. The first kappa shape index (κ1) is 18.9. The minimum Gasteiger partial charge on any atom is -0.296 e. The maximum Gasteiger partial charge on any atom is 0.269 e. The molecule has 0 saturated carbocycles. The Morgan fingerprint density at radius 3 is 2.59 bits per heavy atom. The van der Waals surface area contributed by atoms with Gasteiger partial charge in [-0.2, -0.15) is 0 Å². The summed E-state index contributed by atoms with van der Waals surface area (Å²) in [5.41, 5.74) is 0.0205. The molecule has 1 amide bonds. The first-order chi connectivity index (χ1) is 12.9. The predicted octanol–water partition coefficient (Wildman–Crippen LogP) is 4.27. The molecule has 0 aliphatic rings. The van der Waals surface area contributed by atoms with E-state index in [-0.39, 0.29) is 10.8 Å². The SMILES string of the molecule is O=C(Nc1nnc(SCc2cccc([N+](=O)[O-])c2)s1)c1c(F)cccc1F. The van der Waals surface area contributed by atoms with Crippen LogP contribution in [0.25, 0.3) is 0 Å². The van der Waals surface area contributed by atoms with E-state index in [1.807, 2.05) is 0 Å². The molecule has 0 fully saturated rings. The van der Waals surface area contributed by atoms with E-state index >= 15 is 0 Å². The quantitative estimate of drug-likeness (QED) is 0.283. The summed E-state index contributed by atoms with van der Waals surface area (Å²) in [6, 6.07) is 9.31. The smallest absolute Gasteiger partial charge is 0.269 e. The zero-order valence-corrected chi connectivity index (χ0v) is 15.0. The molecule has 0 spiro atoms. The molecular weight excluding hydrogens is 398 g/mol. The fourth-order valence-electron chi connectivity index (χ4n) is 2.10. The Kier molecular flexibility index (Phi) is 5.72. The molecule has 3 aromatic rings. The van der Waals surface area contributed by atoms with Gasteiger partial charge in [0.25, 0.3) is 11.6 Å². The number of hydrogen-bond donors (Lipinski definition) is 1. The van der Waals surface area contributed by atoms with E-state index in [1.165, 1.54) is 23.9 Å². The first-order valence-electron chi connectivity index (χ1n) is 7.39. The van der Waals surface area contributed by atoms with Crippen molar-refractivity contribution in [2.45, 2.75) is 10.1 Å². The van der Waals surface area contributed by atoms with Crippen LogP contribution in [0.4, 0.5) is 19.6 Å². The molecule has 11 heteroatoms. The van der Waals surface area contributed by atoms with Crippen molar-refractivity contribution in [2.24, 2.45) is 0 Å². The van der Waals surface area contributed by atoms with Gasteiger partial charge in [0.1, 0.15) is 17.2 Å². The number of halogens is 2. The van der Waals surface area contributed by atoms with Crippen molar-refractivity contribution in [2.75, 3.05) is 5.32 Å². The zero-order valence-electron chi connectivity index (χ0n) is 13.4. The summed E-state index contributed by atoms with van der Waals surface area (Å²) in [7, 11) is 0. The van der Waals surface area contributed by atoms with E-state index in [2.05, 4.69) is 15.5 Å². The maximum atomic E-state index is 13.6. The number of thioether (sulfide) groups is 1. The van der Waals surface area contributed by atoms with Gasteiger partial charge in [-0.15, -0.1) is 10.2 Å². The Morgan fingerprint density at radius 1 is 1.19 bits per heavy atom. The number of non-ortho nitro benzene ring substituents is 1. The molecule has 3 rings (SSSR count). The lowest BCUT2D eigenvalue weighted by Gasteiger charge is -2.03. The van der Waals surface area contributed by atoms with Crippen LogP contribution in [0.5, 0.6) is 0 Å². The lowest BCUT2D eigenvalue weighted by atomic mass is 10.2. The monoisotopic (exact) mass is 408 g/mol. The number of nitrogens with zero attached hydrogens (tertiary/aromatic N) is 3. The molecule has 138 valence electrons. The van der Waals surface area contributed by atoms with Gasteiger partial charge < -0.3 is 0 Å². The number of hydrogen-bond acceptors (Lipinski definition) is 7. The highest BCUT2D eigenvalue weighted by atomic mass is 32.2. The van der Waals surface area contributed by atoms with E-state index in [0.717, 1.165) is 35.1 Å². The van der Waals surface area contributed by atoms with E-state index < -0.39 is 28.0 Å². The standard InChI is InChI=1S/C16H10F2N4O3S2/c17-11-5-2-6-12(18)13(11)14(23)19-15-20-21-16(27-15)26-8-9-3-1-4-10(7-9)22(24)25/h1-7H,8H2,(H,19,20,23). The van der Waals surface area contributed by atoms with E-state index in [1.54, 1.807) is 12.1 Å². The molecule has 1 heterocycles. The fraction of sp³-hybridized carbons (Fsp3) is 0.0625. The number of nitro groups is 1. The molecule has 7 nitrogen and oxygen atoms in total. The Balaban J connectivity index is 1.64. The Bertz CT molecular complexity index is 993. The second-order valence-electron chi connectivity index (χ2n) is 5.14. The van der Waals surface area contributed by atoms with Gasteiger partial charge in [-0.25, -0.2) is 8.78 Å². The average Bonchev–Trinajstić information content (AvgIpc) is 3.07. The number of nitrogens with one attached hydrogen (secondary N) is 1. The van der Waals surface area contributed by atoms with Crippen LogP contribution in [-0.4, -0.2) is 21.0 Å². The summed E-state index contributed by atoms with van der Waals surface area (Å²) < 4.78 is 27.7. The molecule has 0 radical (unpaired) electrons. The summed E-state index contributed by atoms with van der Waals surface area (Å²) in [5.74, 6) is -2.50. The zero-order chi connectivity index (χ0) is 19.4. The molecule has 1 aromatic heterocycles. The van der Waals surface area contributed by atoms with Gasteiger partial charge in [-0.05, 0) is 17.7 Å². The molecule has 0 bridgehead atoms. The normalized spacial score (nSPS) is 10.6. The molecule has 0 saturated heterocycles. The van der Waals surface area contributed by atoms with Crippen molar-refractivity contribution >= 4 is 39.8 Å². The maximum absolute atomic E-state index is 13.6. The van der Waals surface area contributed by atoms with E-state index in [4.69, 9.17) is 0 Å². The topological polar surface area (TPSA) is 98.0 Å². The summed E-state index contributed by atoms with van der Waals surface area (Å²) in [5, 5.41) is 20.8. The van der Waals surface area contributed by atoms with Gasteiger partial charge in [0, 0.05) is 17.9 Å². The van der Waals surface area contributed by atoms with Crippen molar-refractivity contribution in [3.05, 3.63) is 75.3 Å². The number of amides is 1. The number of benzene rings is 2. The van der Waals surface area contributed by atoms with Gasteiger partial charge in [0.05, 0.1) is 4.92 Å². The number of aromatic nitrogens is 2. The molecular formula is C16H10F2N4O3S2. The van der Waals surface area contributed by atoms with Gasteiger partial charge in [0.15, 0.2) is 4.34 Å². The minimum absolute atomic E-state index is 0.00905. The highest BCUT2D eigenvalue weighted by molar-refractivity contribution is 8.00. The molecule has 1 N–H and O–H groups in total. The molecule has 0 unspecified atom stereocenters. The highest BCUT2D eigenvalue weighted by Gasteiger charge is 2.18. The van der Waals surface area contributed by atoms with Crippen LogP contribution in [0.3, 0.4) is 0 Å². The van der Waals surface area contributed by atoms with Crippen molar-refractivity contribution in [3.8, 4) is 0 Å². The Morgan fingerprint density at radius 2 is 1.89 bits per heavy atom. The number of carbonyl (C=O) groups excluding carboxylic acids is 1. The number of rotatable bonds is 6. The number of anilines is 1. The van der Waals surface area contributed by atoms with E-state index in [9.17, 15) is 23.7 Å². The third-order valence-electron chi connectivity index (χ3n) is 3.30. The largest absolute Gasteiger partial charge is 0.296 e. The Hall–Kier alpha value is -2.92. The van der Waals surface area contributed by atoms with Gasteiger partial charge in [0.2, 0.25) is 5.13 Å². The minimum atomic E-state index is -0.975. The molecule has 0 aliphatic carbocycles. The van der Waals surface area contributed by atoms with Crippen LogP contribution < -0.4 is 5.32 Å². The third-order valence-corrected chi connectivity index (χ3v) is 5.34. The summed E-state index contributed by atoms with van der Waals surface area (Å²) in [6.45, 7) is 0. The lowest BCUT2D eigenvalue weighted by molar-refractivity contribution is -0.384. The van der Waals surface area contributed by atoms with Crippen LogP contribution >= 0.6 is 23.1 Å². The predicted molar refractivity (Wildman–Crippen MR) is 96.9 cm³/mol. The Labute approximate surface area is 159 Å². The molecule has 0 aliphatic heterocycles. The average molecular weight is 408 g/mol. The van der Waals surface area contributed by atoms with Crippen LogP contribution in [-0.2, 0) is 5.75 Å². The lowest BCUT2D eigenvalue weighted by Crippen LogP contribution is -2.15. The summed E-state index contributed by atoms with van der Waals surface area (Å²) in [4.78, 5) is 22.3. The van der Waals surface area contributed by atoms with Crippen LogP contribution in [0, 0.1) is 21.7 Å². The van der Waals surface area contributed by atoms with Gasteiger partial charge >= 0.3 is 0 Å². The number of nitro benzene ring substituents is 1. The van der Waals surface area contributed by atoms with Crippen LogP contribution in [0.15, 0.2) is 46.8 Å². The van der Waals surface area contributed by atoms with Gasteiger partial charge in [-0.3, -0.25) is 20.2 Å². The fourth-order valence-corrected chi connectivity index (χ4v) is 3.79. The molecule has 0 atom stereocenters. The molecule has 27 heavy (non-hydrogen) atoms. The summed E-state index contributed by atoms with van der Waals surface area (Å²) in [6.07, 6.45) is 0. The van der Waals surface area contributed by atoms with Crippen molar-refractivity contribution < 1.29 is 18.5 Å². The van der Waals surface area contributed by atoms with Crippen molar-refractivity contribution in [1.82, 2.24) is 10.2 Å². The number of carbonyl (C=O) groups is 1. The first-order valence-corrected chi connectivity index (χ1v) is 9.19. The van der Waals surface area contributed by atoms with E-state index in [0.29, 0.717) is 10.1 Å². The second kappa shape index (κ2) is 8.18. The van der Waals surface area contributed by atoms with Gasteiger partial charge in [-0.1, -0.05) is 41.3 Å². The summed E-state index contributed by atoms with van der Waals surface area (Å²) >= 11 is 2.29. The third kappa shape index (κ3) is 4.63. The van der Waals surface area contributed by atoms with Crippen LogP contribution in [0.1, 0.15) is 15.9 Å². The van der Waals surface area contributed by atoms with Crippen molar-refractivity contribution in [3.63, 3.8) is 0 Å². The molecule has 2 aromatic carbocycles. The van der Waals surface area contributed by atoms with Crippen molar-refractivity contribution in [1.29, 1.82) is 0 Å². The van der Waals surface area contributed by atoms with Crippen LogP contribution in [0.2, 0.25) is 0 Å².